The zero-order chi connectivity index (χ0) is 24.3. The smallest absolute Gasteiger partial charge is 0.255 e. The maximum absolute atomic E-state index is 13.0. The van der Waals surface area contributed by atoms with Gasteiger partial charge in [-0.05, 0) is 53.4 Å². The number of fused-ring (bicyclic) bond motifs is 3. The fourth-order valence-corrected chi connectivity index (χ4v) is 4.19. The molecule has 0 bridgehead atoms. The van der Waals surface area contributed by atoms with Crippen LogP contribution in [0.25, 0.3) is 33.3 Å². The van der Waals surface area contributed by atoms with E-state index in [2.05, 4.69) is 11.4 Å². The van der Waals surface area contributed by atoms with Crippen molar-refractivity contribution >= 4 is 33.5 Å². The van der Waals surface area contributed by atoms with Crippen LogP contribution in [-0.2, 0) is 6.61 Å². The van der Waals surface area contributed by atoms with E-state index in [1.54, 1.807) is 12.1 Å². The number of aromatic nitrogens is 1. The first kappa shape index (κ1) is 21.6. The van der Waals surface area contributed by atoms with E-state index in [0.29, 0.717) is 29.5 Å². The number of anilines is 1. The van der Waals surface area contributed by atoms with E-state index in [-0.39, 0.29) is 5.91 Å². The SMILES string of the molecule is O=C(Nc1cccc(-c2nc3c(ccc4ccccc43)o2)c1)c1cccc(OCc2ccccc2)c1. The highest BCUT2D eigenvalue weighted by Crippen LogP contribution is 2.30. The zero-order valence-corrected chi connectivity index (χ0v) is 19.3. The van der Waals surface area contributed by atoms with Crippen molar-refractivity contribution in [3.8, 4) is 17.2 Å². The van der Waals surface area contributed by atoms with Crippen LogP contribution in [0.4, 0.5) is 5.69 Å². The minimum absolute atomic E-state index is 0.221. The Morgan fingerprint density at radius 1 is 0.806 bits per heavy atom. The second-order valence-electron chi connectivity index (χ2n) is 8.49. The summed E-state index contributed by atoms with van der Waals surface area (Å²) in [6, 6.07) is 36.6. The Morgan fingerprint density at radius 2 is 1.64 bits per heavy atom. The van der Waals surface area contributed by atoms with Gasteiger partial charge in [0.2, 0.25) is 5.89 Å². The van der Waals surface area contributed by atoms with Gasteiger partial charge < -0.3 is 14.5 Å². The number of carbonyl (C=O) groups is 1. The van der Waals surface area contributed by atoms with Crippen LogP contribution in [0.1, 0.15) is 15.9 Å². The predicted molar refractivity (Wildman–Crippen MR) is 142 cm³/mol. The molecule has 0 aliphatic heterocycles. The minimum Gasteiger partial charge on any atom is -0.489 e. The number of benzene rings is 5. The lowest BCUT2D eigenvalue weighted by atomic mass is 10.1. The van der Waals surface area contributed by atoms with Crippen LogP contribution in [0.15, 0.2) is 120 Å². The summed E-state index contributed by atoms with van der Waals surface area (Å²) in [6.45, 7) is 0.438. The second kappa shape index (κ2) is 9.39. The summed E-state index contributed by atoms with van der Waals surface area (Å²) >= 11 is 0. The van der Waals surface area contributed by atoms with E-state index in [1.807, 2.05) is 97.1 Å². The summed E-state index contributed by atoms with van der Waals surface area (Å²) in [4.78, 5) is 17.7. The molecule has 6 aromatic rings. The number of hydrogen-bond donors (Lipinski definition) is 1. The van der Waals surface area contributed by atoms with Gasteiger partial charge in [0.05, 0.1) is 0 Å². The van der Waals surface area contributed by atoms with Crippen molar-refractivity contribution in [2.75, 3.05) is 5.32 Å². The highest BCUT2D eigenvalue weighted by molar-refractivity contribution is 6.05. The van der Waals surface area contributed by atoms with Gasteiger partial charge in [-0.15, -0.1) is 0 Å². The van der Waals surface area contributed by atoms with Gasteiger partial charge in [0.25, 0.3) is 5.91 Å². The maximum atomic E-state index is 13.0. The Balaban J connectivity index is 1.21. The molecule has 0 aliphatic rings. The molecule has 6 rings (SSSR count). The third-order valence-corrected chi connectivity index (χ3v) is 6.00. The van der Waals surface area contributed by atoms with Gasteiger partial charge in [0.1, 0.15) is 17.9 Å². The number of nitrogens with one attached hydrogen (secondary N) is 1. The first-order valence-electron chi connectivity index (χ1n) is 11.7. The van der Waals surface area contributed by atoms with Gasteiger partial charge >= 0.3 is 0 Å². The number of ether oxygens (including phenoxy) is 1. The highest BCUT2D eigenvalue weighted by Gasteiger charge is 2.13. The molecule has 0 radical (unpaired) electrons. The van der Waals surface area contributed by atoms with Crippen molar-refractivity contribution < 1.29 is 13.9 Å². The first-order chi connectivity index (χ1) is 17.7. The standard InChI is InChI=1S/C31H22N2O3/c34-30(23-11-7-14-26(19-23)35-20-21-8-2-1-3-9-21)32-25-13-6-12-24(18-25)31-33-29-27-15-5-4-10-22(27)16-17-28(29)36-31/h1-19H,20H2,(H,32,34). The topological polar surface area (TPSA) is 64.4 Å². The molecule has 0 saturated carbocycles. The molecule has 0 atom stereocenters. The molecule has 0 aliphatic carbocycles. The molecule has 5 heteroatoms. The van der Waals surface area contributed by atoms with Gasteiger partial charge in [0.15, 0.2) is 5.58 Å². The van der Waals surface area contributed by atoms with E-state index in [4.69, 9.17) is 14.1 Å². The van der Waals surface area contributed by atoms with Crippen LogP contribution in [0.2, 0.25) is 0 Å². The second-order valence-corrected chi connectivity index (χ2v) is 8.49. The lowest BCUT2D eigenvalue weighted by Crippen LogP contribution is -2.12. The molecule has 1 heterocycles. The van der Waals surface area contributed by atoms with Crippen molar-refractivity contribution in [2.45, 2.75) is 6.61 Å². The quantitative estimate of drug-likeness (QED) is 0.274. The molecule has 5 aromatic carbocycles. The molecule has 174 valence electrons. The van der Waals surface area contributed by atoms with Crippen LogP contribution in [0, 0.1) is 0 Å². The number of amides is 1. The van der Waals surface area contributed by atoms with Gasteiger partial charge in [-0.25, -0.2) is 4.98 Å². The summed E-state index contributed by atoms with van der Waals surface area (Å²) < 4.78 is 11.9. The maximum Gasteiger partial charge on any atom is 0.255 e. The van der Waals surface area contributed by atoms with Gasteiger partial charge in [-0.1, -0.05) is 72.8 Å². The van der Waals surface area contributed by atoms with Crippen molar-refractivity contribution in [2.24, 2.45) is 0 Å². The molecular weight excluding hydrogens is 448 g/mol. The Morgan fingerprint density at radius 3 is 2.56 bits per heavy atom. The van der Waals surface area contributed by atoms with Crippen molar-refractivity contribution in [1.29, 1.82) is 0 Å². The van der Waals surface area contributed by atoms with Crippen LogP contribution >= 0.6 is 0 Å². The summed E-state index contributed by atoms with van der Waals surface area (Å²) in [5.41, 5.74) is 4.57. The summed E-state index contributed by atoms with van der Waals surface area (Å²) in [6.07, 6.45) is 0. The lowest BCUT2D eigenvalue weighted by molar-refractivity contribution is 0.102. The normalized spacial score (nSPS) is 11.0. The lowest BCUT2D eigenvalue weighted by Gasteiger charge is -2.09. The average molecular weight is 471 g/mol. The molecule has 1 N–H and O–H groups in total. The van der Waals surface area contributed by atoms with E-state index in [1.165, 1.54) is 0 Å². The van der Waals surface area contributed by atoms with Crippen molar-refractivity contribution in [1.82, 2.24) is 4.98 Å². The van der Waals surface area contributed by atoms with E-state index in [9.17, 15) is 4.79 Å². The molecular formula is C31H22N2O3. The van der Waals surface area contributed by atoms with Crippen LogP contribution in [0.3, 0.4) is 0 Å². The number of nitrogens with zero attached hydrogens (tertiary/aromatic N) is 1. The van der Waals surface area contributed by atoms with Crippen molar-refractivity contribution in [3.05, 3.63) is 126 Å². The molecule has 1 amide bonds. The van der Waals surface area contributed by atoms with Gasteiger partial charge in [0, 0.05) is 22.2 Å². The third kappa shape index (κ3) is 4.42. The largest absolute Gasteiger partial charge is 0.489 e. The first-order valence-corrected chi connectivity index (χ1v) is 11.7. The molecule has 0 spiro atoms. The number of rotatable bonds is 6. The molecule has 36 heavy (non-hydrogen) atoms. The van der Waals surface area contributed by atoms with Crippen LogP contribution in [-0.4, -0.2) is 10.9 Å². The summed E-state index contributed by atoms with van der Waals surface area (Å²) in [5.74, 6) is 0.925. The minimum atomic E-state index is -0.221. The van der Waals surface area contributed by atoms with Crippen LogP contribution < -0.4 is 10.1 Å². The van der Waals surface area contributed by atoms with E-state index >= 15 is 0 Å². The van der Waals surface area contributed by atoms with Crippen LogP contribution in [0.5, 0.6) is 5.75 Å². The summed E-state index contributed by atoms with van der Waals surface area (Å²) in [7, 11) is 0. The molecule has 1 aromatic heterocycles. The molecule has 0 unspecified atom stereocenters. The number of hydrogen-bond acceptors (Lipinski definition) is 4. The predicted octanol–water partition coefficient (Wildman–Crippen LogP) is 7.48. The Hall–Kier alpha value is -4.90. The Bertz CT molecular complexity index is 1690. The molecule has 0 fully saturated rings. The zero-order valence-electron chi connectivity index (χ0n) is 19.3. The number of carbonyl (C=O) groups excluding carboxylic acids is 1. The fraction of sp³-hybridized carbons (Fsp3) is 0.0323. The molecule has 5 nitrogen and oxygen atoms in total. The van der Waals surface area contributed by atoms with Gasteiger partial charge in [-0.3, -0.25) is 4.79 Å². The molecule has 0 saturated heterocycles. The number of oxazole rings is 1. The fourth-order valence-electron chi connectivity index (χ4n) is 4.19. The Kier molecular flexibility index (Phi) is 5.64. The third-order valence-electron chi connectivity index (χ3n) is 6.00. The monoisotopic (exact) mass is 470 g/mol. The average Bonchev–Trinajstić information content (AvgIpc) is 3.38. The van der Waals surface area contributed by atoms with E-state index < -0.39 is 0 Å². The highest BCUT2D eigenvalue weighted by atomic mass is 16.5. The summed E-state index contributed by atoms with van der Waals surface area (Å²) in [5, 5.41) is 5.13. The van der Waals surface area contributed by atoms with E-state index in [0.717, 1.165) is 33.0 Å². The van der Waals surface area contributed by atoms with Gasteiger partial charge in [-0.2, -0.15) is 0 Å². The van der Waals surface area contributed by atoms with Crippen molar-refractivity contribution in [3.63, 3.8) is 0 Å². The Labute approximate surface area is 208 Å².